The zero-order chi connectivity index (χ0) is 33.5. The second-order valence-electron chi connectivity index (χ2n) is 17.8. The Morgan fingerprint density at radius 2 is 1.57 bits per heavy atom. The summed E-state index contributed by atoms with van der Waals surface area (Å²) in [5.41, 5.74) is 2.65. The Bertz CT molecular complexity index is 1190. The lowest BCUT2D eigenvalue weighted by Gasteiger charge is -2.72. The molecular weight excluding hydrogens is 572 g/mol. The largest absolute Gasteiger partial charge is 0.469 e. The number of nitrogens with one attached hydrogen (secondary N) is 1. The van der Waals surface area contributed by atoms with Crippen LogP contribution in [0.5, 0.6) is 0 Å². The molecule has 5 aliphatic carbocycles. The third-order valence-corrected chi connectivity index (χ3v) is 15.7. The molecule has 260 valence electrons. The summed E-state index contributed by atoms with van der Waals surface area (Å²) in [6.45, 7) is 20.1. The first-order valence-electron chi connectivity index (χ1n) is 18.9. The summed E-state index contributed by atoms with van der Waals surface area (Å²) in [5.74, 6) is 2.78. The Kier molecular flexibility index (Phi) is 10.2. The normalized spacial score (nSPS) is 41.9. The fourth-order valence-electron chi connectivity index (χ4n) is 13.1. The Labute approximate surface area is 280 Å². The van der Waals surface area contributed by atoms with Crippen LogP contribution in [-0.4, -0.2) is 36.4 Å². The maximum atomic E-state index is 14.3. The fourth-order valence-corrected chi connectivity index (χ4v) is 13.1. The van der Waals surface area contributed by atoms with Crippen molar-refractivity contribution >= 4 is 17.6 Å². The number of hydrogen-bond donors (Lipinski definition) is 2. The number of hydrogen-bond acceptors (Lipinski definition) is 5. The summed E-state index contributed by atoms with van der Waals surface area (Å²) in [7, 11) is 1.45. The standard InChI is InChI=1S/C40H66N2O4/c1-27(2)28-18-23-40(35(44)41-26-14-12-10-9-11-13-15-33(43)46-8)25-24-38(6)29(34(28)40)16-17-31-37(5)21-20-32(42-45)36(3,4)30(37)19-22-39(31,38)7/h28-31,34,45H,1,9-26H2,2-8H3,(H,41,44)/b42-32+/t28-,29+,30-,31+,34+,37-,38+,39+,40-/m0/s1. The van der Waals surface area contributed by atoms with E-state index in [9.17, 15) is 14.8 Å². The lowest BCUT2D eigenvalue weighted by atomic mass is 9.32. The van der Waals surface area contributed by atoms with Crippen LogP contribution in [0.25, 0.3) is 0 Å². The molecule has 0 saturated heterocycles. The van der Waals surface area contributed by atoms with E-state index in [1.54, 1.807) is 0 Å². The zero-order valence-electron chi connectivity index (χ0n) is 30.4. The molecule has 6 nitrogen and oxygen atoms in total. The van der Waals surface area contributed by atoms with Gasteiger partial charge in [-0.3, -0.25) is 9.59 Å². The van der Waals surface area contributed by atoms with E-state index in [0.717, 1.165) is 89.3 Å². The summed E-state index contributed by atoms with van der Waals surface area (Å²) in [6.07, 6.45) is 18.1. The number of unbranched alkanes of at least 4 members (excludes halogenated alkanes) is 5. The first kappa shape index (κ1) is 35.5. The topological polar surface area (TPSA) is 88.0 Å². The molecule has 6 heteroatoms. The molecule has 0 heterocycles. The van der Waals surface area contributed by atoms with Gasteiger partial charge in [0.1, 0.15) is 0 Å². The summed E-state index contributed by atoms with van der Waals surface area (Å²) < 4.78 is 4.74. The highest BCUT2D eigenvalue weighted by atomic mass is 16.5. The number of rotatable bonds is 11. The number of oxime groups is 1. The van der Waals surface area contributed by atoms with E-state index in [4.69, 9.17) is 4.74 Å². The van der Waals surface area contributed by atoms with Crippen LogP contribution in [-0.2, 0) is 14.3 Å². The second kappa shape index (κ2) is 13.2. The number of allylic oxidation sites excluding steroid dienone is 1. The summed E-state index contributed by atoms with van der Waals surface area (Å²) >= 11 is 0. The van der Waals surface area contributed by atoms with Crippen molar-refractivity contribution in [3.63, 3.8) is 0 Å². The summed E-state index contributed by atoms with van der Waals surface area (Å²) in [4.78, 5) is 25.6. The smallest absolute Gasteiger partial charge is 0.305 e. The minimum atomic E-state index is -0.259. The van der Waals surface area contributed by atoms with Crippen LogP contribution in [0.4, 0.5) is 0 Å². The molecule has 5 fully saturated rings. The van der Waals surface area contributed by atoms with Crippen LogP contribution in [0.2, 0.25) is 0 Å². The maximum absolute atomic E-state index is 14.3. The third kappa shape index (κ3) is 5.57. The molecule has 0 aromatic carbocycles. The van der Waals surface area contributed by atoms with Crippen molar-refractivity contribution < 1.29 is 19.5 Å². The van der Waals surface area contributed by atoms with E-state index < -0.39 is 0 Å². The Balaban J connectivity index is 1.29. The molecule has 0 unspecified atom stereocenters. The van der Waals surface area contributed by atoms with E-state index in [1.807, 2.05) is 0 Å². The number of methoxy groups -OCH3 is 1. The first-order chi connectivity index (χ1) is 21.7. The second-order valence-corrected chi connectivity index (χ2v) is 17.8. The maximum Gasteiger partial charge on any atom is 0.305 e. The number of carbonyl (C=O) groups excluding carboxylic acids is 2. The van der Waals surface area contributed by atoms with Crippen LogP contribution in [0.15, 0.2) is 17.3 Å². The Morgan fingerprint density at radius 3 is 2.24 bits per heavy atom. The number of amides is 1. The molecule has 5 rings (SSSR count). The number of ether oxygens (including phenoxy) is 1. The van der Waals surface area contributed by atoms with Gasteiger partial charge in [0.15, 0.2) is 0 Å². The lowest BCUT2D eigenvalue weighted by molar-refractivity contribution is -0.227. The van der Waals surface area contributed by atoms with Crippen molar-refractivity contribution in [2.24, 2.45) is 61.8 Å². The van der Waals surface area contributed by atoms with Gasteiger partial charge >= 0.3 is 5.97 Å². The monoisotopic (exact) mass is 639 g/mol. The Morgan fingerprint density at radius 1 is 0.870 bits per heavy atom. The van der Waals surface area contributed by atoms with Gasteiger partial charge in [0, 0.05) is 18.4 Å². The van der Waals surface area contributed by atoms with Gasteiger partial charge in [-0.25, -0.2) is 0 Å². The quantitative estimate of drug-likeness (QED) is 0.0776. The van der Waals surface area contributed by atoms with Crippen molar-refractivity contribution in [3.8, 4) is 0 Å². The zero-order valence-corrected chi connectivity index (χ0v) is 30.4. The van der Waals surface area contributed by atoms with Gasteiger partial charge in [-0.15, -0.1) is 0 Å². The minimum Gasteiger partial charge on any atom is -0.469 e. The number of esters is 1. The first-order valence-corrected chi connectivity index (χ1v) is 18.9. The van der Waals surface area contributed by atoms with Crippen LogP contribution in [0, 0.1) is 56.7 Å². The highest BCUT2D eigenvalue weighted by molar-refractivity contribution is 5.90. The minimum absolute atomic E-state index is 0.0678. The summed E-state index contributed by atoms with van der Waals surface area (Å²) in [6, 6.07) is 0. The van der Waals surface area contributed by atoms with Crippen LogP contribution in [0.1, 0.15) is 151 Å². The SMILES string of the molecule is C=C(C)[C@@H]1CC[C@]2(C(=O)NCCCCCCCCC(=O)OC)CC[C@]3(C)[C@H](CC[C@@H]4[C@@]5(C)CC/C(=N\O)C(C)(C)[C@@H]5CC[C@]43C)[C@@H]12. The molecule has 0 aromatic heterocycles. The van der Waals surface area contributed by atoms with Crippen molar-refractivity contribution in [2.45, 2.75) is 151 Å². The molecule has 5 saturated carbocycles. The molecule has 0 bridgehead atoms. The number of carbonyl (C=O) groups is 2. The lowest BCUT2D eigenvalue weighted by Crippen LogP contribution is -2.67. The molecular formula is C40H66N2O4. The number of fused-ring (bicyclic) bond motifs is 7. The molecule has 0 aliphatic heterocycles. The van der Waals surface area contributed by atoms with E-state index in [0.29, 0.717) is 41.9 Å². The van der Waals surface area contributed by atoms with Gasteiger partial charge in [0.05, 0.1) is 18.2 Å². The molecule has 9 atom stereocenters. The molecule has 2 N–H and O–H groups in total. The highest BCUT2D eigenvalue weighted by Gasteiger charge is 2.71. The van der Waals surface area contributed by atoms with Crippen molar-refractivity contribution in [1.82, 2.24) is 5.32 Å². The van der Waals surface area contributed by atoms with Gasteiger partial charge in [-0.2, -0.15) is 0 Å². The van der Waals surface area contributed by atoms with Crippen LogP contribution >= 0.6 is 0 Å². The Hall–Kier alpha value is -1.85. The van der Waals surface area contributed by atoms with Crippen LogP contribution in [0.3, 0.4) is 0 Å². The summed E-state index contributed by atoms with van der Waals surface area (Å²) in [5, 5.41) is 17.2. The molecule has 0 spiro atoms. The van der Waals surface area contributed by atoms with Crippen molar-refractivity contribution in [1.29, 1.82) is 0 Å². The van der Waals surface area contributed by atoms with Gasteiger partial charge in [0.2, 0.25) is 5.91 Å². The molecule has 1 amide bonds. The average molecular weight is 639 g/mol. The van der Waals surface area contributed by atoms with Crippen LogP contribution < -0.4 is 5.32 Å². The van der Waals surface area contributed by atoms with E-state index in [-0.39, 0.29) is 33.0 Å². The highest BCUT2D eigenvalue weighted by Crippen LogP contribution is 2.77. The van der Waals surface area contributed by atoms with E-state index >= 15 is 0 Å². The van der Waals surface area contributed by atoms with E-state index in [2.05, 4.69) is 58.6 Å². The average Bonchev–Trinajstić information content (AvgIpc) is 3.41. The molecule has 0 radical (unpaired) electrons. The van der Waals surface area contributed by atoms with Crippen molar-refractivity contribution in [2.75, 3.05) is 13.7 Å². The number of nitrogens with zero attached hydrogens (tertiary/aromatic N) is 1. The van der Waals surface area contributed by atoms with E-state index in [1.165, 1.54) is 38.4 Å². The third-order valence-electron chi connectivity index (χ3n) is 15.7. The predicted molar refractivity (Wildman–Crippen MR) is 186 cm³/mol. The molecule has 46 heavy (non-hydrogen) atoms. The molecule has 0 aromatic rings. The van der Waals surface area contributed by atoms with Gasteiger partial charge < -0.3 is 15.3 Å². The predicted octanol–water partition coefficient (Wildman–Crippen LogP) is 9.49. The molecule has 5 aliphatic rings. The van der Waals surface area contributed by atoms with Crippen molar-refractivity contribution in [3.05, 3.63) is 12.2 Å². The van der Waals surface area contributed by atoms with Gasteiger partial charge in [-0.1, -0.05) is 77.6 Å². The fraction of sp³-hybridized carbons (Fsp3) is 0.875. The van der Waals surface area contributed by atoms with Gasteiger partial charge in [-0.05, 0) is 130 Å². The van der Waals surface area contributed by atoms with Gasteiger partial charge in [0.25, 0.3) is 0 Å².